The summed E-state index contributed by atoms with van der Waals surface area (Å²) in [6.07, 6.45) is 1.64. The van der Waals surface area contributed by atoms with Crippen LogP contribution >= 0.6 is 24.8 Å². The molecule has 0 atom stereocenters. The van der Waals surface area contributed by atoms with Gasteiger partial charge in [0.2, 0.25) is 0 Å². The zero-order chi connectivity index (χ0) is 13.2. The lowest BCUT2D eigenvalue weighted by molar-refractivity contribution is 0.0943. The first kappa shape index (κ1) is 18.6. The van der Waals surface area contributed by atoms with Crippen LogP contribution in [0.2, 0.25) is 0 Å². The zero-order valence-electron chi connectivity index (χ0n) is 11.4. The molecule has 0 bridgehead atoms. The molecule has 1 heterocycles. The fourth-order valence-electron chi connectivity index (χ4n) is 1.69. The largest absolute Gasteiger partial charge is 0.349 e. The maximum Gasteiger partial charge on any atom is 0.270 e. The van der Waals surface area contributed by atoms with Crippen molar-refractivity contribution < 1.29 is 4.79 Å². The molecule has 4 nitrogen and oxygen atoms in total. The summed E-state index contributed by atoms with van der Waals surface area (Å²) in [6.45, 7) is 4.14. The fourth-order valence-corrected chi connectivity index (χ4v) is 1.69. The minimum Gasteiger partial charge on any atom is -0.349 e. The van der Waals surface area contributed by atoms with Crippen molar-refractivity contribution in [3.8, 4) is 0 Å². The predicted molar refractivity (Wildman–Crippen MR) is 86.8 cm³/mol. The Labute approximate surface area is 131 Å². The number of hydrogen-bond acceptors (Lipinski definition) is 3. The van der Waals surface area contributed by atoms with Crippen LogP contribution in [0, 0.1) is 0 Å². The Hall–Kier alpha value is -1.36. The Bertz CT molecular complexity index is 577. The molecule has 110 valence electrons. The van der Waals surface area contributed by atoms with Crippen LogP contribution in [0.15, 0.2) is 36.5 Å². The van der Waals surface area contributed by atoms with Crippen LogP contribution in [-0.4, -0.2) is 23.0 Å². The van der Waals surface area contributed by atoms with Gasteiger partial charge >= 0.3 is 0 Å². The number of nitrogens with zero attached hydrogens (tertiary/aromatic N) is 1. The number of nitrogens with one attached hydrogen (secondary N) is 1. The number of aromatic nitrogens is 1. The van der Waals surface area contributed by atoms with Crippen LogP contribution in [0.25, 0.3) is 10.8 Å². The molecule has 3 N–H and O–H groups in total. The smallest absolute Gasteiger partial charge is 0.270 e. The first-order chi connectivity index (χ1) is 8.47. The lowest BCUT2D eigenvalue weighted by atomic mass is 10.1. The highest BCUT2D eigenvalue weighted by atomic mass is 35.5. The first-order valence-corrected chi connectivity index (χ1v) is 5.88. The van der Waals surface area contributed by atoms with E-state index in [1.807, 2.05) is 44.2 Å². The first-order valence-electron chi connectivity index (χ1n) is 5.88. The van der Waals surface area contributed by atoms with Crippen molar-refractivity contribution in [2.75, 3.05) is 6.54 Å². The molecule has 1 aromatic carbocycles. The average Bonchev–Trinajstić information content (AvgIpc) is 2.34. The van der Waals surface area contributed by atoms with Crippen molar-refractivity contribution in [2.45, 2.75) is 19.4 Å². The second-order valence-corrected chi connectivity index (χ2v) is 5.05. The van der Waals surface area contributed by atoms with Crippen molar-refractivity contribution >= 4 is 41.5 Å². The topological polar surface area (TPSA) is 68.0 Å². The number of nitrogens with two attached hydrogens (primary N) is 1. The molecule has 0 unspecified atom stereocenters. The molecule has 1 amide bonds. The molecule has 0 radical (unpaired) electrons. The third-order valence-corrected chi connectivity index (χ3v) is 2.59. The summed E-state index contributed by atoms with van der Waals surface area (Å²) >= 11 is 0. The molecular weight excluding hydrogens is 297 g/mol. The van der Waals surface area contributed by atoms with Crippen LogP contribution in [-0.2, 0) is 0 Å². The van der Waals surface area contributed by atoms with Gasteiger partial charge in [-0.3, -0.25) is 9.78 Å². The third kappa shape index (κ3) is 4.63. The molecular formula is C14H19Cl2N3O. The quantitative estimate of drug-likeness (QED) is 0.914. The predicted octanol–water partition coefficient (Wildman–Crippen LogP) is 2.55. The van der Waals surface area contributed by atoms with E-state index < -0.39 is 5.54 Å². The number of pyridine rings is 1. The van der Waals surface area contributed by atoms with Gasteiger partial charge in [0.1, 0.15) is 5.69 Å². The number of carbonyl (C=O) groups is 1. The van der Waals surface area contributed by atoms with E-state index in [9.17, 15) is 4.79 Å². The SMILES string of the molecule is CC(C)(N)CNC(=O)c1nccc2ccccc12.Cl.Cl. The van der Waals surface area contributed by atoms with Crippen LogP contribution < -0.4 is 11.1 Å². The van der Waals surface area contributed by atoms with Gasteiger partial charge in [0.15, 0.2) is 0 Å². The Kier molecular flexibility index (Phi) is 6.92. The van der Waals surface area contributed by atoms with Crippen LogP contribution in [0.5, 0.6) is 0 Å². The van der Waals surface area contributed by atoms with Crippen LogP contribution in [0.1, 0.15) is 24.3 Å². The normalized spacial score (nSPS) is 10.3. The second-order valence-electron chi connectivity index (χ2n) is 5.05. The van der Waals surface area contributed by atoms with E-state index in [-0.39, 0.29) is 30.7 Å². The number of fused-ring (bicyclic) bond motifs is 1. The van der Waals surface area contributed by atoms with E-state index in [4.69, 9.17) is 5.73 Å². The molecule has 0 saturated carbocycles. The summed E-state index contributed by atoms with van der Waals surface area (Å²) in [5, 5.41) is 4.66. The van der Waals surface area contributed by atoms with E-state index in [0.29, 0.717) is 12.2 Å². The van der Waals surface area contributed by atoms with Gasteiger partial charge in [0, 0.05) is 23.7 Å². The summed E-state index contributed by atoms with van der Waals surface area (Å²) in [5.41, 5.74) is 5.85. The van der Waals surface area contributed by atoms with Gasteiger partial charge in [-0.1, -0.05) is 24.3 Å². The van der Waals surface area contributed by atoms with Gasteiger partial charge in [-0.05, 0) is 25.3 Å². The average molecular weight is 316 g/mol. The molecule has 0 aliphatic carbocycles. The minimum atomic E-state index is -0.430. The lowest BCUT2D eigenvalue weighted by Crippen LogP contribution is -2.45. The Balaban J connectivity index is 0.00000180. The van der Waals surface area contributed by atoms with E-state index in [0.717, 1.165) is 10.8 Å². The van der Waals surface area contributed by atoms with Gasteiger partial charge < -0.3 is 11.1 Å². The molecule has 6 heteroatoms. The van der Waals surface area contributed by atoms with Crippen molar-refractivity contribution in [3.63, 3.8) is 0 Å². The highest BCUT2D eigenvalue weighted by Gasteiger charge is 2.15. The molecule has 2 aromatic rings. The molecule has 0 fully saturated rings. The fraction of sp³-hybridized carbons (Fsp3) is 0.286. The number of hydrogen-bond donors (Lipinski definition) is 2. The van der Waals surface area contributed by atoms with Gasteiger partial charge in [-0.15, -0.1) is 24.8 Å². The Morgan fingerprint density at radius 2 is 1.90 bits per heavy atom. The van der Waals surface area contributed by atoms with Crippen LogP contribution in [0.3, 0.4) is 0 Å². The Morgan fingerprint density at radius 1 is 1.25 bits per heavy atom. The highest BCUT2D eigenvalue weighted by Crippen LogP contribution is 2.16. The number of carbonyl (C=O) groups excluding carboxylic acids is 1. The minimum absolute atomic E-state index is 0. The summed E-state index contributed by atoms with van der Waals surface area (Å²) in [5.74, 6) is -0.190. The number of amides is 1. The van der Waals surface area contributed by atoms with E-state index >= 15 is 0 Å². The zero-order valence-corrected chi connectivity index (χ0v) is 13.1. The number of rotatable bonds is 3. The van der Waals surface area contributed by atoms with Gasteiger partial charge in [-0.2, -0.15) is 0 Å². The maximum absolute atomic E-state index is 12.1. The molecule has 0 aliphatic heterocycles. The maximum atomic E-state index is 12.1. The monoisotopic (exact) mass is 315 g/mol. The molecule has 1 aromatic heterocycles. The highest BCUT2D eigenvalue weighted by molar-refractivity contribution is 6.05. The van der Waals surface area contributed by atoms with Crippen molar-refractivity contribution in [2.24, 2.45) is 5.73 Å². The van der Waals surface area contributed by atoms with Crippen molar-refractivity contribution in [3.05, 3.63) is 42.2 Å². The number of benzene rings is 1. The summed E-state index contributed by atoms with van der Waals surface area (Å²) in [4.78, 5) is 16.2. The summed E-state index contributed by atoms with van der Waals surface area (Å²) in [6, 6.07) is 9.57. The molecule has 2 rings (SSSR count). The van der Waals surface area contributed by atoms with E-state index in [1.165, 1.54) is 0 Å². The molecule has 0 spiro atoms. The molecule has 0 saturated heterocycles. The van der Waals surface area contributed by atoms with E-state index in [2.05, 4.69) is 10.3 Å². The van der Waals surface area contributed by atoms with Gasteiger partial charge in [-0.25, -0.2) is 0 Å². The third-order valence-electron chi connectivity index (χ3n) is 2.59. The summed E-state index contributed by atoms with van der Waals surface area (Å²) < 4.78 is 0. The van der Waals surface area contributed by atoms with Crippen molar-refractivity contribution in [1.29, 1.82) is 0 Å². The Morgan fingerprint density at radius 3 is 2.55 bits per heavy atom. The lowest BCUT2D eigenvalue weighted by Gasteiger charge is -2.18. The van der Waals surface area contributed by atoms with Gasteiger partial charge in [0.25, 0.3) is 5.91 Å². The van der Waals surface area contributed by atoms with E-state index in [1.54, 1.807) is 6.20 Å². The standard InChI is InChI=1S/C14H17N3O.2ClH/c1-14(2,15)9-17-13(18)12-11-6-4-3-5-10(11)7-8-16-12;;/h3-8H,9,15H2,1-2H3,(H,17,18);2*1H. The van der Waals surface area contributed by atoms with Gasteiger partial charge in [0.05, 0.1) is 0 Å². The molecule has 20 heavy (non-hydrogen) atoms. The van der Waals surface area contributed by atoms with Crippen molar-refractivity contribution in [1.82, 2.24) is 10.3 Å². The molecule has 0 aliphatic rings. The second kappa shape index (κ2) is 7.43. The summed E-state index contributed by atoms with van der Waals surface area (Å²) in [7, 11) is 0. The number of halogens is 2. The van der Waals surface area contributed by atoms with Crippen LogP contribution in [0.4, 0.5) is 0 Å².